The second-order valence-electron chi connectivity index (χ2n) is 6.21. The summed E-state index contributed by atoms with van der Waals surface area (Å²) < 4.78 is 6.48. The Balaban J connectivity index is 1.95. The number of methoxy groups -OCH3 is 1. The highest BCUT2D eigenvalue weighted by atomic mass is 79.9. The molecular weight excluding hydrogens is 328 g/mol. The maximum Gasteiger partial charge on any atom is 0.0510 e. The molecule has 1 aromatic rings. The summed E-state index contributed by atoms with van der Waals surface area (Å²) in [4.78, 5) is 2.48. The first-order valence-corrected chi connectivity index (χ1v) is 8.65. The summed E-state index contributed by atoms with van der Waals surface area (Å²) in [7, 11) is 1.80. The lowest BCUT2D eigenvalue weighted by molar-refractivity contribution is 0.139. The first-order chi connectivity index (χ1) is 10.1. The summed E-state index contributed by atoms with van der Waals surface area (Å²) in [6.07, 6.45) is 2.44. The molecule has 1 heterocycles. The largest absolute Gasteiger partial charge is 0.384 e. The molecule has 1 N–H and O–H groups in total. The number of hydrogen-bond donors (Lipinski definition) is 1. The first kappa shape index (κ1) is 16.8. The Morgan fingerprint density at radius 2 is 2.05 bits per heavy atom. The molecule has 0 amide bonds. The molecule has 4 heteroatoms. The van der Waals surface area contributed by atoms with Gasteiger partial charge in [0.2, 0.25) is 0 Å². The summed E-state index contributed by atoms with van der Waals surface area (Å²) >= 11 is 3.74. The van der Waals surface area contributed by atoms with Gasteiger partial charge < -0.3 is 15.0 Å². The van der Waals surface area contributed by atoms with Crippen molar-refractivity contribution in [3.8, 4) is 0 Å². The molecule has 1 fully saturated rings. The molecule has 1 aliphatic heterocycles. The van der Waals surface area contributed by atoms with Gasteiger partial charge in [-0.2, -0.15) is 0 Å². The van der Waals surface area contributed by atoms with Crippen molar-refractivity contribution in [1.29, 1.82) is 0 Å². The zero-order chi connectivity index (χ0) is 15.2. The normalized spacial score (nSPS) is 16.7. The number of nitrogens with one attached hydrogen (secondary N) is 1. The molecule has 0 radical (unpaired) electrons. The quantitative estimate of drug-likeness (QED) is 0.840. The highest BCUT2D eigenvalue weighted by molar-refractivity contribution is 9.10. The van der Waals surface area contributed by atoms with Crippen LogP contribution in [0, 0.1) is 5.92 Å². The third-order valence-electron chi connectivity index (χ3n) is 4.08. The van der Waals surface area contributed by atoms with Gasteiger partial charge in [-0.1, -0.05) is 19.9 Å². The van der Waals surface area contributed by atoms with Crippen LogP contribution in [0.15, 0.2) is 22.7 Å². The predicted molar refractivity (Wildman–Crippen MR) is 92.9 cm³/mol. The highest BCUT2D eigenvalue weighted by Crippen LogP contribution is 2.31. The standard InChI is InChI=1S/C17H27BrN2O/c1-13(2)19-11-15-4-5-17(16(18)10-15)20-8-6-14(7-9-20)12-21-3/h4-5,10,13-14,19H,6-9,11-12H2,1-3H3. The van der Waals surface area contributed by atoms with Gasteiger partial charge in [0.1, 0.15) is 0 Å². The lowest BCUT2D eigenvalue weighted by atomic mass is 9.97. The number of piperidine rings is 1. The number of ether oxygens (including phenoxy) is 1. The molecule has 0 atom stereocenters. The fourth-order valence-electron chi connectivity index (χ4n) is 2.82. The van der Waals surface area contributed by atoms with Crippen molar-refractivity contribution < 1.29 is 4.74 Å². The van der Waals surface area contributed by atoms with E-state index in [1.807, 2.05) is 0 Å². The van der Waals surface area contributed by atoms with Gasteiger partial charge in [-0.3, -0.25) is 0 Å². The fraction of sp³-hybridized carbons (Fsp3) is 0.647. The van der Waals surface area contributed by atoms with Crippen molar-refractivity contribution in [3.63, 3.8) is 0 Å². The van der Waals surface area contributed by atoms with E-state index in [9.17, 15) is 0 Å². The van der Waals surface area contributed by atoms with E-state index in [2.05, 4.69) is 58.2 Å². The van der Waals surface area contributed by atoms with Crippen LogP contribution < -0.4 is 10.2 Å². The lowest BCUT2D eigenvalue weighted by Crippen LogP contribution is -2.35. The Hall–Kier alpha value is -0.580. The van der Waals surface area contributed by atoms with Crippen molar-refractivity contribution in [2.24, 2.45) is 5.92 Å². The van der Waals surface area contributed by atoms with Crippen LogP contribution in [0.4, 0.5) is 5.69 Å². The number of benzene rings is 1. The third-order valence-corrected chi connectivity index (χ3v) is 4.72. The zero-order valence-corrected chi connectivity index (χ0v) is 14.9. The molecule has 0 unspecified atom stereocenters. The van der Waals surface area contributed by atoms with Gasteiger partial charge in [0, 0.05) is 43.9 Å². The molecule has 21 heavy (non-hydrogen) atoms. The van der Waals surface area contributed by atoms with Crippen LogP contribution in [0.3, 0.4) is 0 Å². The monoisotopic (exact) mass is 354 g/mol. The van der Waals surface area contributed by atoms with Crippen LogP contribution in [0.25, 0.3) is 0 Å². The van der Waals surface area contributed by atoms with Crippen LogP contribution in [-0.2, 0) is 11.3 Å². The molecule has 0 bridgehead atoms. The molecule has 1 aromatic carbocycles. The van der Waals surface area contributed by atoms with Crippen LogP contribution in [-0.4, -0.2) is 32.8 Å². The van der Waals surface area contributed by atoms with Gasteiger partial charge >= 0.3 is 0 Å². The Morgan fingerprint density at radius 3 is 2.62 bits per heavy atom. The number of hydrogen-bond acceptors (Lipinski definition) is 3. The van der Waals surface area contributed by atoms with E-state index < -0.39 is 0 Å². The Morgan fingerprint density at radius 1 is 1.33 bits per heavy atom. The maximum absolute atomic E-state index is 5.27. The second kappa shape index (κ2) is 8.16. The van der Waals surface area contributed by atoms with Crippen molar-refractivity contribution >= 4 is 21.6 Å². The minimum Gasteiger partial charge on any atom is -0.384 e. The number of rotatable bonds is 6. The molecule has 2 rings (SSSR count). The highest BCUT2D eigenvalue weighted by Gasteiger charge is 2.20. The minimum absolute atomic E-state index is 0.517. The third kappa shape index (κ3) is 4.97. The predicted octanol–water partition coefficient (Wildman–Crippen LogP) is 3.81. The Kier molecular flexibility index (Phi) is 6.52. The molecule has 1 aliphatic rings. The van der Waals surface area contributed by atoms with E-state index in [-0.39, 0.29) is 0 Å². The summed E-state index contributed by atoms with van der Waals surface area (Å²) in [5.74, 6) is 0.722. The topological polar surface area (TPSA) is 24.5 Å². The SMILES string of the molecule is COCC1CCN(c2ccc(CNC(C)C)cc2Br)CC1. The summed E-state index contributed by atoms with van der Waals surface area (Å²) in [6, 6.07) is 7.24. The average molecular weight is 355 g/mol. The molecule has 0 aliphatic carbocycles. The van der Waals surface area contributed by atoms with Crippen molar-refractivity contribution in [3.05, 3.63) is 28.2 Å². The van der Waals surface area contributed by atoms with Gasteiger partial charge in [-0.05, 0) is 52.4 Å². The maximum atomic E-state index is 5.27. The van der Waals surface area contributed by atoms with Crippen LogP contribution in [0.2, 0.25) is 0 Å². The molecule has 0 spiro atoms. The zero-order valence-electron chi connectivity index (χ0n) is 13.4. The number of halogens is 1. The number of anilines is 1. The average Bonchev–Trinajstić information content (AvgIpc) is 2.47. The summed E-state index contributed by atoms with van der Waals surface area (Å²) in [6.45, 7) is 8.41. The summed E-state index contributed by atoms with van der Waals surface area (Å²) in [5.41, 5.74) is 2.65. The van der Waals surface area contributed by atoms with Crippen LogP contribution >= 0.6 is 15.9 Å². The molecule has 1 saturated heterocycles. The first-order valence-electron chi connectivity index (χ1n) is 7.86. The van der Waals surface area contributed by atoms with Gasteiger partial charge in [0.15, 0.2) is 0 Å². The summed E-state index contributed by atoms with van der Waals surface area (Å²) in [5, 5.41) is 3.46. The Bertz CT molecular complexity index is 442. The van der Waals surface area contributed by atoms with Crippen molar-refractivity contribution in [2.75, 3.05) is 31.7 Å². The molecular formula is C17H27BrN2O. The van der Waals surface area contributed by atoms with E-state index in [0.717, 1.165) is 32.2 Å². The van der Waals surface area contributed by atoms with Gasteiger partial charge in [-0.15, -0.1) is 0 Å². The van der Waals surface area contributed by atoms with Gasteiger partial charge in [-0.25, -0.2) is 0 Å². The Labute approximate surface area is 137 Å². The molecule has 118 valence electrons. The second-order valence-corrected chi connectivity index (χ2v) is 7.06. The smallest absolute Gasteiger partial charge is 0.0510 e. The van der Waals surface area contributed by atoms with Crippen molar-refractivity contribution in [2.45, 2.75) is 39.3 Å². The lowest BCUT2D eigenvalue weighted by Gasteiger charge is -2.34. The van der Waals surface area contributed by atoms with E-state index in [1.54, 1.807) is 7.11 Å². The molecule has 0 aromatic heterocycles. The molecule has 0 saturated carbocycles. The van der Waals surface area contributed by atoms with E-state index in [4.69, 9.17) is 4.74 Å². The van der Waals surface area contributed by atoms with Crippen LogP contribution in [0.5, 0.6) is 0 Å². The number of nitrogens with zero attached hydrogens (tertiary/aromatic N) is 1. The van der Waals surface area contributed by atoms with E-state index in [0.29, 0.717) is 6.04 Å². The van der Waals surface area contributed by atoms with Gasteiger partial charge in [0.25, 0.3) is 0 Å². The fourth-order valence-corrected chi connectivity index (χ4v) is 3.49. The van der Waals surface area contributed by atoms with Gasteiger partial charge in [0.05, 0.1) is 5.69 Å². The van der Waals surface area contributed by atoms with Crippen LogP contribution in [0.1, 0.15) is 32.3 Å². The van der Waals surface area contributed by atoms with Crippen molar-refractivity contribution in [1.82, 2.24) is 5.32 Å². The molecule has 3 nitrogen and oxygen atoms in total. The van der Waals surface area contributed by atoms with E-state index >= 15 is 0 Å². The minimum atomic E-state index is 0.517. The van der Waals surface area contributed by atoms with E-state index in [1.165, 1.54) is 28.6 Å².